The molecule has 0 amide bonds. The summed E-state index contributed by atoms with van der Waals surface area (Å²) in [5.74, 6) is 1.26. The van der Waals surface area contributed by atoms with Gasteiger partial charge in [-0.25, -0.2) is 0 Å². The molecule has 0 atom stereocenters. The van der Waals surface area contributed by atoms with Gasteiger partial charge >= 0.3 is 0 Å². The Morgan fingerprint density at radius 3 is 2.67 bits per heavy atom. The first-order valence-corrected chi connectivity index (χ1v) is 8.20. The highest BCUT2D eigenvalue weighted by Crippen LogP contribution is 2.25. The highest BCUT2D eigenvalue weighted by molar-refractivity contribution is 6.33. The Balaban J connectivity index is 1.56. The third kappa shape index (κ3) is 3.03. The minimum atomic E-state index is 0.626. The largest absolute Gasteiger partial charge is 0.338 e. The van der Waals surface area contributed by atoms with Crippen molar-refractivity contribution in [1.29, 1.82) is 0 Å². The van der Waals surface area contributed by atoms with E-state index < -0.39 is 0 Å². The van der Waals surface area contributed by atoms with Gasteiger partial charge in [-0.3, -0.25) is 0 Å². The fourth-order valence-electron chi connectivity index (χ4n) is 2.86. The number of fused-ring (bicyclic) bond motifs is 1. The summed E-state index contributed by atoms with van der Waals surface area (Å²) in [6, 6.07) is 16.0. The highest BCUT2D eigenvalue weighted by atomic mass is 35.5. The minimum Gasteiger partial charge on any atom is -0.338 e. The van der Waals surface area contributed by atoms with Gasteiger partial charge in [-0.05, 0) is 29.7 Å². The van der Waals surface area contributed by atoms with Gasteiger partial charge in [-0.2, -0.15) is 10.1 Å². The second-order valence-electron chi connectivity index (χ2n) is 5.69. The number of hydrogen-bond donors (Lipinski definition) is 1. The minimum absolute atomic E-state index is 0.626. The number of para-hydroxylation sites is 1. The first-order valence-electron chi connectivity index (χ1n) is 7.82. The topological polar surface area (TPSA) is 53.9 Å². The van der Waals surface area contributed by atoms with Crippen LogP contribution in [0, 0.1) is 0 Å². The van der Waals surface area contributed by atoms with E-state index in [4.69, 9.17) is 11.6 Å². The van der Waals surface area contributed by atoms with Crippen molar-refractivity contribution in [3.63, 3.8) is 0 Å². The van der Waals surface area contributed by atoms with Crippen LogP contribution in [-0.4, -0.2) is 21.7 Å². The number of nitrogens with zero attached hydrogens (tertiary/aromatic N) is 4. The molecule has 0 saturated heterocycles. The maximum atomic E-state index is 6.18. The smallest absolute Gasteiger partial charge is 0.247 e. The molecule has 5 nitrogen and oxygen atoms in total. The second-order valence-corrected chi connectivity index (χ2v) is 6.09. The number of halogens is 1. The Hall–Kier alpha value is -2.66. The van der Waals surface area contributed by atoms with E-state index in [0.29, 0.717) is 16.8 Å². The van der Waals surface area contributed by atoms with Crippen LogP contribution in [0.5, 0.6) is 0 Å². The molecule has 1 aromatic heterocycles. The number of aromatic nitrogens is 3. The van der Waals surface area contributed by atoms with Gasteiger partial charge in [0.25, 0.3) is 0 Å². The van der Waals surface area contributed by atoms with Crippen molar-refractivity contribution < 1.29 is 0 Å². The number of rotatable bonds is 3. The molecule has 3 aromatic rings. The van der Waals surface area contributed by atoms with Crippen LogP contribution in [0.3, 0.4) is 0 Å². The lowest BCUT2D eigenvalue weighted by Gasteiger charge is -2.28. The van der Waals surface area contributed by atoms with Crippen LogP contribution >= 0.6 is 11.6 Å². The number of nitrogens with one attached hydrogen (secondary N) is 1. The predicted octanol–water partition coefficient (Wildman–Crippen LogP) is 3.83. The van der Waals surface area contributed by atoms with Gasteiger partial charge in [0.15, 0.2) is 5.82 Å². The standard InChI is InChI=1S/C18H16ClN5/c19-15-7-3-4-8-16(15)21-17-11-20-23-18(22-17)24-10-9-13-5-1-2-6-14(13)12-24/h1-8,11H,9-10,12H2,(H,21,22,23). The van der Waals surface area contributed by atoms with Crippen molar-refractivity contribution in [2.45, 2.75) is 13.0 Å². The molecule has 2 aromatic carbocycles. The molecule has 1 aliphatic rings. The third-order valence-electron chi connectivity index (χ3n) is 4.10. The Morgan fingerprint density at radius 2 is 1.79 bits per heavy atom. The molecule has 6 heteroatoms. The average Bonchev–Trinajstić information content (AvgIpc) is 2.63. The molecule has 24 heavy (non-hydrogen) atoms. The molecular weight excluding hydrogens is 322 g/mol. The maximum absolute atomic E-state index is 6.18. The Morgan fingerprint density at radius 1 is 1.00 bits per heavy atom. The SMILES string of the molecule is Clc1ccccc1Nc1cnnc(N2CCc3ccccc3C2)n1. The van der Waals surface area contributed by atoms with Crippen LogP contribution in [0.15, 0.2) is 54.7 Å². The monoisotopic (exact) mass is 337 g/mol. The summed E-state index contributed by atoms with van der Waals surface area (Å²) in [6.45, 7) is 1.68. The Labute approximate surface area is 145 Å². The molecule has 0 spiro atoms. The number of hydrogen-bond acceptors (Lipinski definition) is 5. The Bertz CT molecular complexity index is 867. The van der Waals surface area contributed by atoms with Crippen molar-refractivity contribution >= 4 is 29.1 Å². The van der Waals surface area contributed by atoms with Crippen LogP contribution in [-0.2, 0) is 13.0 Å². The van der Waals surface area contributed by atoms with Gasteiger partial charge in [0.05, 0.1) is 16.9 Å². The normalized spacial score (nSPS) is 13.5. The van der Waals surface area contributed by atoms with E-state index in [2.05, 4.69) is 49.7 Å². The molecule has 0 radical (unpaired) electrons. The summed E-state index contributed by atoms with van der Waals surface area (Å²) < 4.78 is 0. The third-order valence-corrected chi connectivity index (χ3v) is 4.43. The van der Waals surface area contributed by atoms with Crippen LogP contribution in [0.1, 0.15) is 11.1 Å². The van der Waals surface area contributed by atoms with Gasteiger partial charge < -0.3 is 10.2 Å². The average molecular weight is 338 g/mol. The number of anilines is 3. The lowest BCUT2D eigenvalue weighted by atomic mass is 10.0. The first kappa shape index (κ1) is 14.9. The van der Waals surface area contributed by atoms with Crippen LogP contribution in [0.4, 0.5) is 17.5 Å². The zero-order chi connectivity index (χ0) is 16.4. The fraction of sp³-hybridized carbons (Fsp3) is 0.167. The van der Waals surface area contributed by atoms with E-state index in [-0.39, 0.29) is 0 Å². The summed E-state index contributed by atoms with van der Waals surface area (Å²) in [4.78, 5) is 6.73. The molecule has 0 fully saturated rings. The number of benzene rings is 2. The predicted molar refractivity (Wildman–Crippen MR) is 95.8 cm³/mol. The molecule has 4 rings (SSSR count). The van der Waals surface area contributed by atoms with Crippen molar-refractivity contribution in [2.24, 2.45) is 0 Å². The zero-order valence-electron chi connectivity index (χ0n) is 13.0. The molecule has 1 aliphatic heterocycles. The summed E-state index contributed by atoms with van der Waals surface area (Å²) in [6.07, 6.45) is 2.59. The van der Waals surface area contributed by atoms with Gasteiger partial charge in [-0.15, -0.1) is 5.10 Å². The van der Waals surface area contributed by atoms with Gasteiger partial charge in [0, 0.05) is 13.1 Å². The molecule has 0 bridgehead atoms. The Kier molecular flexibility index (Phi) is 4.01. The molecule has 1 N–H and O–H groups in total. The molecule has 0 unspecified atom stereocenters. The van der Waals surface area contributed by atoms with E-state index >= 15 is 0 Å². The molecule has 2 heterocycles. The van der Waals surface area contributed by atoms with Crippen LogP contribution in [0.25, 0.3) is 0 Å². The van der Waals surface area contributed by atoms with E-state index in [9.17, 15) is 0 Å². The maximum Gasteiger partial charge on any atom is 0.247 e. The fourth-order valence-corrected chi connectivity index (χ4v) is 3.04. The lowest BCUT2D eigenvalue weighted by Crippen LogP contribution is -2.32. The van der Waals surface area contributed by atoms with Crippen LogP contribution < -0.4 is 10.2 Å². The first-order chi connectivity index (χ1) is 11.8. The molecule has 0 aliphatic carbocycles. The van der Waals surface area contributed by atoms with Crippen molar-refractivity contribution in [1.82, 2.24) is 15.2 Å². The van der Waals surface area contributed by atoms with Crippen molar-refractivity contribution in [2.75, 3.05) is 16.8 Å². The summed E-state index contributed by atoms with van der Waals surface area (Å²) in [7, 11) is 0. The van der Waals surface area contributed by atoms with E-state index in [1.807, 2.05) is 24.3 Å². The van der Waals surface area contributed by atoms with Gasteiger partial charge in [-0.1, -0.05) is 48.0 Å². The van der Waals surface area contributed by atoms with Gasteiger partial charge in [0.2, 0.25) is 5.95 Å². The van der Waals surface area contributed by atoms with Crippen LogP contribution in [0.2, 0.25) is 5.02 Å². The summed E-state index contributed by atoms with van der Waals surface area (Å²) in [5, 5.41) is 12.1. The lowest BCUT2D eigenvalue weighted by molar-refractivity contribution is 0.698. The zero-order valence-corrected chi connectivity index (χ0v) is 13.7. The van der Waals surface area contributed by atoms with Crippen molar-refractivity contribution in [3.05, 3.63) is 70.9 Å². The highest BCUT2D eigenvalue weighted by Gasteiger charge is 2.18. The van der Waals surface area contributed by atoms with E-state index in [1.54, 1.807) is 6.20 Å². The summed E-state index contributed by atoms with van der Waals surface area (Å²) >= 11 is 6.18. The van der Waals surface area contributed by atoms with E-state index in [1.165, 1.54) is 11.1 Å². The summed E-state index contributed by atoms with van der Waals surface area (Å²) in [5.41, 5.74) is 3.51. The van der Waals surface area contributed by atoms with E-state index in [0.717, 1.165) is 25.2 Å². The van der Waals surface area contributed by atoms with Gasteiger partial charge in [0.1, 0.15) is 0 Å². The molecule has 0 saturated carbocycles. The second kappa shape index (κ2) is 6.45. The quantitative estimate of drug-likeness (QED) is 0.787. The van der Waals surface area contributed by atoms with Crippen molar-refractivity contribution in [3.8, 4) is 0 Å². The molecule has 120 valence electrons. The molecular formula is C18H16ClN5.